The smallest absolute Gasteiger partial charge is 0.265 e. The van der Waals surface area contributed by atoms with Crippen LogP contribution in [0.1, 0.15) is 12.5 Å². The van der Waals surface area contributed by atoms with Crippen LogP contribution in [0.25, 0.3) is 0 Å². The summed E-state index contributed by atoms with van der Waals surface area (Å²) in [4.78, 5) is 12.2. The lowest BCUT2D eigenvalue weighted by Crippen LogP contribution is -2.30. The Balaban J connectivity index is 2.06. The van der Waals surface area contributed by atoms with E-state index in [0.29, 0.717) is 21.5 Å². The number of halogens is 2. The van der Waals surface area contributed by atoms with Crippen molar-refractivity contribution in [1.29, 1.82) is 0 Å². The Hall–Kier alpha value is -1.71. The van der Waals surface area contributed by atoms with Gasteiger partial charge in [-0.05, 0) is 43.7 Å². The van der Waals surface area contributed by atoms with Gasteiger partial charge in [-0.3, -0.25) is 4.79 Å². The zero-order chi connectivity index (χ0) is 15.4. The number of hydrogen-bond acceptors (Lipinski definition) is 2. The van der Waals surface area contributed by atoms with Crippen molar-refractivity contribution in [3.8, 4) is 5.75 Å². The van der Waals surface area contributed by atoms with E-state index in [1.165, 1.54) is 0 Å². The van der Waals surface area contributed by atoms with Crippen LogP contribution >= 0.6 is 23.2 Å². The number of rotatable bonds is 4. The molecule has 0 saturated carbocycles. The molecule has 0 saturated heterocycles. The fourth-order valence-corrected chi connectivity index (χ4v) is 2.12. The van der Waals surface area contributed by atoms with Crippen LogP contribution in [0, 0.1) is 6.92 Å². The van der Waals surface area contributed by atoms with E-state index < -0.39 is 6.10 Å². The molecule has 5 heteroatoms. The highest BCUT2D eigenvalue weighted by Crippen LogP contribution is 2.25. The van der Waals surface area contributed by atoms with E-state index >= 15 is 0 Å². The lowest BCUT2D eigenvalue weighted by atomic mass is 10.2. The molecule has 1 amide bonds. The topological polar surface area (TPSA) is 38.3 Å². The summed E-state index contributed by atoms with van der Waals surface area (Å²) in [5, 5.41) is 3.87. The molecule has 0 heterocycles. The molecule has 0 spiro atoms. The molecule has 0 unspecified atom stereocenters. The fourth-order valence-electron chi connectivity index (χ4n) is 1.76. The normalized spacial score (nSPS) is 11.8. The van der Waals surface area contributed by atoms with Crippen LogP contribution in [0.15, 0.2) is 42.5 Å². The van der Waals surface area contributed by atoms with Gasteiger partial charge in [0.25, 0.3) is 5.91 Å². The average Bonchev–Trinajstić information content (AvgIpc) is 2.46. The van der Waals surface area contributed by atoms with Crippen molar-refractivity contribution < 1.29 is 9.53 Å². The van der Waals surface area contributed by atoms with Gasteiger partial charge in [-0.2, -0.15) is 0 Å². The molecule has 0 aliphatic rings. The second-order valence-electron chi connectivity index (χ2n) is 4.59. The number of benzene rings is 2. The minimum absolute atomic E-state index is 0.264. The minimum atomic E-state index is -0.678. The molecule has 1 atom stereocenters. The van der Waals surface area contributed by atoms with Crippen molar-refractivity contribution in [2.45, 2.75) is 20.0 Å². The highest BCUT2D eigenvalue weighted by molar-refractivity contribution is 6.32. The van der Waals surface area contributed by atoms with Crippen LogP contribution in [0.5, 0.6) is 5.75 Å². The van der Waals surface area contributed by atoms with Crippen molar-refractivity contribution in [3.63, 3.8) is 0 Å². The van der Waals surface area contributed by atoms with Gasteiger partial charge in [0, 0.05) is 10.7 Å². The minimum Gasteiger partial charge on any atom is -0.479 e. The van der Waals surface area contributed by atoms with E-state index in [1.54, 1.807) is 49.4 Å². The summed E-state index contributed by atoms with van der Waals surface area (Å²) in [5.74, 6) is 0.213. The molecule has 0 radical (unpaired) electrons. The van der Waals surface area contributed by atoms with E-state index in [0.717, 1.165) is 5.56 Å². The van der Waals surface area contributed by atoms with Gasteiger partial charge < -0.3 is 10.1 Å². The number of carbonyl (C=O) groups excluding carboxylic acids is 1. The van der Waals surface area contributed by atoms with Crippen molar-refractivity contribution >= 4 is 34.8 Å². The zero-order valence-electron chi connectivity index (χ0n) is 11.7. The van der Waals surface area contributed by atoms with Gasteiger partial charge in [-0.25, -0.2) is 0 Å². The molecular weight excluding hydrogens is 309 g/mol. The molecule has 2 rings (SSSR count). The van der Waals surface area contributed by atoms with Crippen LogP contribution in [0.4, 0.5) is 5.69 Å². The van der Waals surface area contributed by atoms with Crippen molar-refractivity contribution in [3.05, 3.63) is 58.1 Å². The first-order valence-corrected chi connectivity index (χ1v) is 7.22. The second kappa shape index (κ2) is 6.83. The van der Waals surface area contributed by atoms with Gasteiger partial charge in [0.1, 0.15) is 5.75 Å². The van der Waals surface area contributed by atoms with Crippen LogP contribution < -0.4 is 10.1 Å². The summed E-state index contributed by atoms with van der Waals surface area (Å²) in [5.41, 5.74) is 1.49. The number of para-hydroxylation sites is 1. The van der Waals surface area contributed by atoms with Crippen LogP contribution in [-0.4, -0.2) is 12.0 Å². The Bertz CT molecular complexity index is 658. The van der Waals surface area contributed by atoms with Gasteiger partial charge in [-0.15, -0.1) is 0 Å². The third kappa shape index (κ3) is 3.90. The van der Waals surface area contributed by atoms with Gasteiger partial charge in [-0.1, -0.05) is 41.4 Å². The van der Waals surface area contributed by atoms with E-state index in [-0.39, 0.29) is 5.91 Å². The quantitative estimate of drug-likeness (QED) is 0.885. The maximum atomic E-state index is 12.2. The monoisotopic (exact) mass is 323 g/mol. The Kier molecular flexibility index (Phi) is 5.10. The van der Waals surface area contributed by atoms with Gasteiger partial charge >= 0.3 is 0 Å². The first kappa shape index (κ1) is 15.7. The van der Waals surface area contributed by atoms with Crippen LogP contribution in [0.2, 0.25) is 10.0 Å². The molecule has 2 aromatic rings. The summed E-state index contributed by atoms with van der Waals surface area (Å²) in [6, 6.07) is 12.4. The Morgan fingerprint density at radius 2 is 1.76 bits per heavy atom. The van der Waals surface area contributed by atoms with E-state index in [2.05, 4.69) is 5.32 Å². The van der Waals surface area contributed by atoms with Crippen molar-refractivity contribution in [1.82, 2.24) is 0 Å². The molecule has 0 aliphatic heterocycles. The predicted molar refractivity (Wildman–Crippen MR) is 86.4 cm³/mol. The third-order valence-corrected chi connectivity index (χ3v) is 3.76. The first-order valence-electron chi connectivity index (χ1n) is 6.46. The van der Waals surface area contributed by atoms with Crippen LogP contribution in [-0.2, 0) is 4.79 Å². The van der Waals surface area contributed by atoms with Crippen molar-refractivity contribution in [2.24, 2.45) is 0 Å². The summed E-state index contributed by atoms with van der Waals surface area (Å²) >= 11 is 12.0. The van der Waals surface area contributed by atoms with E-state index in [4.69, 9.17) is 27.9 Å². The second-order valence-corrected chi connectivity index (χ2v) is 5.41. The number of nitrogens with one attached hydrogen (secondary N) is 1. The Labute approximate surface area is 133 Å². The van der Waals surface area contributed by atoms with Gasteiger partial charge in [0.15, 0.2) is 6.10 Å². The summed E-state index contributed by atoms with van der Waals surface area (Å²) in [6.45, 7) is 3.51. The molecule has 2 aromatic carbocycles. The fraction of sp³-hybridized carbons (Fsp3) is 0.188. The highest BCUT2D eigenvalue weighted by atomic mass is 35.5. The zero-order valence-corrected chi connectivity index (χ0v) is 13.2. The lowest BCUT2D eigenvalue weighted by Gasteiger charge is -2.16. The maximum Gasteiger partial charge on any atom is 0.265 e. The van der Waals surface area contributed by atoms with Gasteiger partial charge in [0.05, 0.1) is 5.02 Å². The SMILES string of the molecule is Cc1c(Cl)cccc1NC(=O)[C@@H](C)Oc1ccccc1Cl. The predicted octanol–water partition coefficient (Wildman–Crippen LogP) is 4.71. The molecule has 0 fully saturated rings. The Morgan fingerprint density at radius 3 is 2.48 bits per heavy atom. The first-order chi connectivity index (χ1) is 9.99. The third-order valence-electron chi connectivity index (χ3n) is 3.04. The molecule has 0 aromatic heterocycles. The molecule has 0 bridgehead atoms. The molecule has 1 N–H and O–H groups in total. The van der Waals surface area contributed by atoms with Gasteiger partial charge in [0.2, 0.25) is 0 Å². The number of carbonyl (C=O) groups is 1. The van der Waals surface area contributed by atoms with Crippen molar-refractivity contribution in [2.75, 3.05) is 5.32 Å². The largest absolute Gasteiger partial charge is 0.479 e. The lowest BCUT2D eigenvalue weighted by molar-refractivity contribution is -0.122. The summed E-state index contributed by atoms with van der Waals surface area (Å²) in [7, 11) is 0. The Morgan fingerprint density at radius 1 is 1.10 bits per heavy atom. The number of amides is 1. The average molecular weight is 324 g/mol. The van der Waals surface area contributed by atoms with E-state index in [9.17, 15) is 4.79 Å². The molecule has 0 aliphatic carbocycles. The van der Waals surface area contributed by atoms with E-state index in [1.807, 2.05) is 6.92 Å². The standard InChI is InChI=1S/C16H15Cl2NO2/c1-10-12(17)7-5-8-14(10)19-16(20)11(2)21-15-9-4-3-6-13(15)18/h3-9,11H,1-2H3,(H,19,20)/t11-/m1/s1. The summed E-state index contributed by atoms with van der Waals surface area (Å²) < 4.78 is 5.57. The highest BCUT2D eigenvalue weighted by Gasteiger charge is 2.17. The number of ether oxygens (including phenoxy) is 1. The molecular formula is C16H15Cl2NO2. The number of hydrogen-bond donors (Lipinski definition) is 1. The number of anilines is 1. The summed E-state index contributed by atoms with van der Waals surface area (Å²) in [6.07, 6.45) is -0.678. The maximum absolute atomic E-state index is 12.2. The van der Waals surface area contributed by atoms with Crippen LogP contribution in [0.3, 0.4) is 0 Å². The molecule has 3 nitrogen and oxygen atoms in total. The molecule has 110 valence electrons. The molecule has 21 heavy (non-hydrogen) atoms.